The molecule has 2 aromatic rings. The summed E-state index contributed by atoms with van der Waals surface area (Å²) in [6.45, 7) is 3.96. The molecule has 0 aliphatic heterocycles. The molecular formula is C16H14F3N3O. The standard InChI is InChI=1S/C16H14F3N3O/c1-2-8-23-14-5-3-4-12(9-14)10-21-22-15-7-6-13(11-20-15)16(17,18)19/h2-7,9-11H,1,8H2,(H,20,22)/b21-10-. The molecule has 0 saturated heterocycles. The van der Waals surface area contributed by atoms with Crippen LogP contribution in [0.2, 0.25) is 0 Å². The van der Waals surface area contributed by atoms with Crippen LogP contribution in [-0.2, 0) is 6.18 Å². The highest BCUT2D eigenvalue weighted by molar-refractivity contribution is 5.80. The summed E-state index contributed by atoms with van der Waals surface area (Å²) < 4.78 is 42.6. The third-order valence-electron chi connectivity index (χ3n) is 2.71. The summed E-state index contributed by atoms with van der Waals surface area (Å²) in [7, 11) is 0. The van der Waals surface area contributed by atoms with E-state index in [4.69, 9.17) is 4.74 Å². The van der Waals surface area contributed by atoms with E-state index in [0.717, 1.165) is 17.8 Å². The van der Waals surface area contributed by atoms with Gasteiger partial charge in [-0.25, -0.2) is 4.98 Å². The van der Waals surface area contributed by atoms with Gasteiger partial charge >= 0.3 is 6.18 Å². The van der Waals surface area contributed by atoms with Crippen molar-refractivity contribution in [3.63, 3.8) is 0 Å². The molecule has 0 radical (unpaired) electrons. The minimum Gasteiger partial charge on any atom is -0.490 e. The molecule has 7 heteroatoms. The first-order chi connectivity index (χ1) is 11.0. The zero-order valence-corrected chi connectivity index (χ0v) is 12.0. The number of ether oxygens (including phenoxy) is 1. The second-order valence-corrected chi connectivity index (χ2v) is 4.47. The molecule has 0 saturated carbocycles. The predicted octanol–water partition coefficient (Wildman–Crippen LogP) is 4.11. The molecule has 1 aromatic carbocycles. The van der Waals surface area contributed by atoms with Crippen molar-refractivity contribution in [2.45, 2.75) is 6.18 Å². The Bertz CT molecular complexity index is 682. The Morgan fingerprint density at radius 1 is 1.26 bits per heavy atom. The van der Waals surface area contributed by atoms with Gasteiger partial charge in [0.1, 0.15) is 18.2 Å². The van der Waals surface area contributed by atoms with Gasteiger partial charge in [-0.05, 0) is 29.8 Å². The number of hydrogen-bond donors (Lipinski definition) is 1. The van der Waals surface area contributed by atoms with Crippen LogP contribution < -0.4 is 10.2 Å². The van der Waals surface area contributed by atoms with Gasteiger partial charge in [0.05, 0.1) is 11.8 Å². The van der Waals surface area contributed by atoms with Crippen molar-refractivity contribution < 1.29 is 17.9 Å². The Morgan fingerprint density at radius 2 is 2.09 bits per heavy atom. The zero-order valence-electron chi connectivity index (χ0n) is 12.0. The number of anilines is 1. The van der Waals surface area contributed by atoms with Gasteiger partial charge in [0.15, 0.2) is 0 Å². The fourth-order valence-electron chi connectivity index (χ4n) is 1.64. The molecule has 2 rings (SSSR count). The number of alkyl halides is 3. The fraction of sp³-hybridized carbons (Fsp3) is 0.125. The summed E-state index contributed by atoms with van der Waals surface area (Å²) in [6.07, 6.45) is -0.499. The fourth-order valence-corrected chi connectivity index (χ4v) is 1.64. The molecule has 0 bridgehead atoms. The minimum absolute atomic E-state index is 0.216. The number of nitrogens with zero attached hydrogens (tertiary/aromatic N) is 2. The summed E-state index contributed by atoms with van der Waals surface area (Å²) in [5, 5.41) is 3.93. The van der Waals surface area contributed by atoms with Gasteiger partial charge in [0.2, 0.25) is 0 Å². The van der Waals surface area contributed by atoms with Crippen LogP contribution in [0.3, 0.4) is 0 Å². The average molecular weight is 321 g/mol. The third-order valence-corrected chi connectivity index (χ3v) is 2.71. The Labute approximate surface area is 131 Å². The summed E-state index contributed by atoms with van der Waals surface area (Å²) in [4.78, 5) is 3.65. The molecule has 120 valence electrons. The van der Waals surface area contributed by atoms with Crippen LogP contribution in [0.15, 0.2) is 60.4 Å². The molecule has 0 aliphatic rings. The maximum absolute atomic E-state index is 12.4. The van der Waals surface area contributed by atoms with Gasteiger partial charge < -0.3 is 4.74 Å². The van der Waals surface area contributed by atoms with E-state index in [9.17, 15) is 13.2 Å². The highest BCUT2D eigenvalue weighted by Gasteiger charge is 2.30. The van der Waals surface area contributed by atoms with Crippen molar-refractivity contribution in [2.24, 2.45) is 5.10 Å². The first-order valence-electron chi connectivity index (χ1n) is 6.65. The Morgan fingerprint density at radius 3 is 2.74 bits per heavy atom. The molecular weight excluding hydrogens is 307 g/mol. The summed E-state index contributed by atoms with van der Waals surface area (Å²) >= 11 is 0. The second kappa shape index (κ2) is 7.44. The number of hydrogen-bond acceptors (Lipinski definition) is 4. The van der Waals surface area contributed by atoms with E-state index in [1.807, 2.05) is 6.07 Å². The first-order valence-corrected chi connectivity index (χ1v) is 6.65. The molecule has 1 aromatic heterocycles. The van der Waals surface area contributed by atoms with Crippen LogP contribution in [0.4, 0.5) is 19.0 Å². The van der Waals surface area contributed by atoms with Gasteiger partial charge in [-0.15, -0.1) is 0 Å². The van der Waals surface area contributed by atoms with E-state index < -0.39 is 11.7 Å². The molecule has 0 spiro atoms. The van der Waals surface area contributed by atoms with E-state index in [-0.39, 0.29) is 5.82 Å². The summed E-state index contributed by atoms with van der Waals surface area (Å²) in [5.41, 5.74) is 2.53. The summed E-state index contributed by atoms with van der Waals surface area (Å²) in [6, 6.07) is 9.33. The average Bonchev–Trinajstić information content (AvgIpc) is 2.53. The van der Waals surface area contributed by atoms with Gasteiger partial charge in [-0.1, -0.05) is 24.8 Å². The monoisotopic (exact) mass is 321 g/mol. The Balaban J connectivity index is 1.97. The quantitative estimate of drug-likeness (QED) is 0.495. The number of halogens is 3. The van der Waals surface area contributed by atoms with Crippen LogP contribution in [0.5, 0.6) is 5.75 Å². The smallest absolute Gasteiger partial charge is 0.417 e. The van der Waals surface area contributed by atoms with Crippen LogP contribution in [0.1, 0.15) is 11.1 Å². The number of pyridine rings is 1. The second-order valence-electron chi connectivity index (χ2n) is 4.47. The molecule has 23 heavy (non-hydrogen) atoms. The third kappa shape index (κ3) is 5.14. The molecule has 0 aliphatic carbocycles. The largest absolute Gasteiger partial charge is 0.490 e. The van der Waals surface area contributed by atoms with Crippen molar-refractivity contribution in [1.29, 1.82) is 0 Å². The van der Waals surface area contributed by atoms with Crippen LogP contribution in [-0.4, -0.2) is 17.8 Å². The number of rotatable bonds is 6. The topological polar surface area (TPSA) is 46.5 Å². The van der Waals surface area contributed by atoms with E-state index in [1.165, 1.54) is 12.3 Å². The van der Waals surface area contributed by atoms with Crippen LogP contribution >= 0.6 is 0 Å². The number of aromatic nitrogens is 1. The Hall–Kier alpha value is -2.83. The minimum atomic E-state index is -4.40. The van der Waals surface area contributed by atoms with E-state index in [2.05, 4.69) is 22.1 Å². The molecule has 0 unspecified atom stereocenters. The number of hydrazone groups is 1. The number of benzene rings is 1. The van der Waals surface area contributed by atoms with Crippen molar-refractivity contribution in [3.8, 4) is 5.75 Å². The normalized spacial score (nSPS) is 11.4. The van der Waals surface area contributed by atoms with Crippen molar-refractivity contribution in [1.82, 2.24) is 4.98 Å². The first kappa shape index (κ1) is 16.5. The highest BCUT2D eigenvalue weighted by Crippen LogP contribution is 2.28. The SMILES string of the molecule is C=CCOc1cccc(/C=N\Nc2ccc(C(F)(F)F)cn2)c1. The molecule has 4 nitrogen and oxygen atoms in total. The van der Waals surface area contributed by atoms with Gasteiger partial charge in [-0.3, -0.25) is 5.43 Å². The Kier molecular flexibility index (Phi) is 5.35. The maximum atomic E-state index is 12.4. The lowest BCUT2D eigenvalue weighted by Crippen LogP contribution is -2.05. The van der Waals surface area contributed by atoms with Crippen molar-refractivity contribution in [3.05, 3.63) is 66.4 Å². The molecule has 0 fully saturated rings. The van der Waals surface area contributed by atoms with Crippen molar-refractivity contribution >= 4 is 12.0 Å². The molecule has 0 atom stereocenters. The molecule has 1 N–H and O–H groups in total. The lowest BCUT2D eigenvalue weighted by atomic mass is 10.2. The van der Waals surface area contributed by atoms with E-state index in [1.54, 1.807) is 24.3 Å². The molecule has 0 amide bonds. The summed E-state index contributed by atoms with van der Waals surface area (Å²) in [5.74, 6) is 0.884. The highest BCUT2D eigenvalue weighted by atomic mass is 19.4. The zero-order chi connectivity index (χ0) is 16.7. The van der Waals surface area contributed by atoms with E-state index >= 15 is 0 Å². The van der Waals surface area contributed by atoms with Gasteiger partial charge in [-0.2, -0.15) is 18.3 Å². The van der Waals surface area contributed by atoms with Gasteiger partial charge in [0, 0.05) is 6.20 Å². The lowest BCUT2D eigenvalue weighted by Gasteiger charge is -2.06. The predicted molar refractivity (Wildman–Crippen MR) is 82.6 cm³/mol. The maximum Gasteiger partial charge on any atom is 0.417 e. The van der Waals surface area contributed by atoms with E-state index in [0.29, 0.717) is 12.4 Å². The molecule has 1 heterocycles. The van der Waals surface area contributed by atoms with Gasteiger partial charge in [0.25, 0.3) is 0 Å². The number of nitrogens with one attached hydrogen (secondary N) is 1. The van der Waals surface area contributed by atoms with Crippen molar-refractivity contribution in [2.75, 3.05) is 12.0 Å². The lowest BCUT2D eigenvalue weighted by molar-refractivity contribution is -0.137. The van der Waals surface area contributed by atoms with Crippen LogP contribution in [0, 0.1) is 0 Å². The van der Waals surface area contributed by atoms with Crippen LogP contribution in [0.25, 0.3) is 0 Å².